The number of benzene rings is 2. The van der Waals surface area contributed by atoms with Crippen molar-refractivity contribution < 1.29 is 14.3 Å². The highest BCUT2D eigenvalue weighted by Gasteiger charge is 2.20. The van der Waals surface area contributed by atoms with Crippen molar-refractivity contribution in [3.8, 4) is 5.75 Å². The lowest BCUT2D eigenvalue weighted by Gasteiger charge is -2.16. The van der Waals surface area contributed by atoms with Gasteiger partial charge in [-0.25, -0.2) is 0 Å². The van der Waals surface area contributed by atoms with Crippen molar-refractivity contribution >= 4 is 22.7 Å². The molecule has 2 aromatic carbocycles. The summed E-state index contributed by atoms with van der Waals surface area (Å²) in [4.78, 5) is 24.3. The second kappa shape index (κ2) is 9.03. The summed E-state index contributed by atoms with van der Waals surface area (Å²) in [7, 11) is 0. The van der Waals surface area contributed by atoms with Crippen LogP contribution in [-0.4, -0.2) is 23.0 Å². The second-order valence-corrected chi connectivity index (χ2v) is 7.70. The van der Waals surface area contributed by atoms with Gasteiger partial charge in [0.05, 0.1) is 0 Å². The number of fused-ring (bicyclic) bond motifs is 3. The van der Waals surface area contributed by atoms with Gasteiger partial charge in [0, 0.05) is 29.6 Å². The van der Waals surface area contributed by atoms with E-state index < -0.39 is 5.91 Å². The smallest absolute Gasteiger partial charge is 0.276 e. The van der Waals surface area contributed by atoms with Crippen LogP contribution in [0.5, 0.6) is 5.75 Å². The number of carbonyl (C=O) groups is 2. The Kier molecular flexibility index (Phi) is 6.02. The normalized spacial score (nSPS) is 13.0. The van der Waals surface area contributed by atoms with E-state index in [4.69, 9.17) is 4.74 Å². The first-order valence-corrected chi connectivity index (χ1v) is 10.5. The zero-order valence-electron chi connectivity index (χ0n) is 17.2. The van der Waals surface area contributed by atoms with Gasteiger partial charge in [0.15, 0.2) is 6.61 Å². The van der Waals surface area contributed by atoms with Gasteiger partial charge >= 0.3 is 0 Å². The Morgan fingerprint density at radius 2 is 1.70 bits per heavy atom. The molecule has 1 aliphatic carbocycles. The molecule has 30 heavy (non-hydrogen) atoms. The Balaban J connectivity index is 1.30. The maximum Gasteiger partial charge on any atom is 0.276 e. The van der Waals surface area contributed by atoms with Crippen LogP contribution in [0.3, 0.4) is 0 Å². The van der Waals surface area contributed by atoms with Crippen LogP contribution in [0.4, 0.5) is 0 Å². The van der Waals surface area contributed by atoms with Crippen molar-refractivity contribution in [3.63, 3.8) is 0 Å². The standard InChI is InChI=1S/C24H27N3O3/c1-17-8-2-7-13-22(17)30-16-24(29)26-25-23(28)14-15-27-20-11-5-3-9-18(20)19-10-4-6-12-21(19)27/h2-3,5,7-9,11,13H,4,6,10,12,14-16H2,1H3,(H,25,28)(H,26,29). The lowest BCUT2D eigenvalue weighted by atomic mass is 9.95. The molecule has 2 N–H and O–H groups in total. The number of ether oxygens (including phenoxy) is 1. The van der Waals surface area contributed by atoms with Crippen molar-refractivity contribution in [2.24, 2.45) is 0 Å². The summed E-state index contributed by atoms with van der Waals surface area (Å²) in [6, 6.07) is 15.9. The maximum absolute atomic E-state index is 12.3. The molecule has 0 bridgehead atoms. The first-order valence-electron chi connectivity index (χ1n) is 10.5. The predicted molar refractivity (Wildman–Crippen MR) is 116 cm³/mol. The highest BCUT2D eigenvalue weighted by atomic mass is 16.5. The number of nitrogens with one attached hydrogen (secondary N) is 2. The van der Waals surface area contributed by atoms with Gasteiger partial charge in [0.25, 0.3) is 5.91 Å². The molecular formula is C24H27N3O3. The van der Waals surface area contributed by atoms with E-state index in [0.717, 1.165) is 18.4 Å². The lowest BCUT2D eigenvalue weighted by Crippen LogP contribution is -2.44. The SMILES string of the molecule is Cc1ccccc1OCC(=O)NNC(=O)CCn1c2c(c3ccccc31)CCCC2. The summed E-state index contributed by atoms with van der Waals surface area (Å²) in [5.41, 5.74) is 9.85. The molecular weight excluding hydrogens is 378 g/mol. The van der Waals surface area contributed by atoms with Crippen LogP contribution in [0.2, 0.25) is 0 Å². The average Bonchev–Trinajstić information content (AvgIpc) is 3.09. The lowest BCUT2D eigenvalue weighted by molar-refractivity contribution is -0.130. The van der Waals surface area contributed by atoms with Crippen molar-refractivity contribution in [1.29, 1.82) is 0 Å². The molecule has 1 aromatic heterocycles. The fourth-order valence-electron chi connectivity index (χ4n) is 4.16. The summed E-state index contributed by atoms with van der Waals surface area (Å²) >= 11 is 0. The van der Waals surface area contributed by atoms with Gasteiger partial charge < -0.3 is 9.30 Å². The second-order valence-electron chi connectivity index (χ2n) is 7.70. The molecule has 0 unspecified atom stereocenters. The van der Waals surface area contributed by atoms with E-state index in [9.17, 15) is 9.59 Å². The van der Waals surface area contributed by atoms with E-state index in [0.29, 0.717) is 18.7 Å². The first kappa shape index (κ1) is 20.0. The van der Waals surface area contributed by atoms with E-state index in [1.807, 2.05) is 37.3 Å². The zero-order chi connectivity index (χ0) is 20.9. The van der Waals surface area contributed by atoms with E-state index >= 15 is 0 Å². The minimum atomic E-state index is -0.393. The molecule has 0 fully saturated rings. The number of rotatable bonds is 6. The fraction of sp³-hybridized carbons (Fsp3) is 0.333. The van der Waals surface area contributed by atoms with Crippen molar-refractivity contribution in [2.45, 2.75) is 45.6 Å². The van der Waals surface area contributed by atoms with E-state index in [-0.39, 0.29) is 12.5 Å². The first-order chi connectivity index (χ1) is 14.6. The van der Waals surface area contributed by atoms with Gasteiger partial charge in [-0.3, -0.25) is 20.4 Å². The minimum Gasteiger partial charge on any atom is -0.483 e. The Hall–Kier alpha value is -3.28. The van der Waals surface area contributed by atoms with Gasteiger partial charge in [0.2, 0.25) is 5.91 Å². The van der Waals surface area contributed by atoms with Crippen LogP contribution >= 0.6 is 0 Å². The van der Waals surface area contributed by atoms with E-state index in [1.165, 1.54) is 35.0 Å². The van der Waals surface area contributed by atoms with Crippen molar-refractivity contribution in [1.82, 2.24) is 15.4 Å². The molecule has 0 aliphatic heterocycles. The molecule has 1 aliphatic rings. The topological polar surface area (TPSA) is 72.4 Å². The quantitative estimate of drug-likeness (QED) is 0.617. The van der Waals surface area contributed by atoms with Gasteiger partial charge in [-0.2, -0.15) is 0 Å². The van der Waals surface area contributed by atoms with Gasteiger partial charge in [-0.05, 0) is 55.9 Å². The van der Waals surface area contributed by atoms with Crippen LogP contribution in [0.1, 0.15) is 36.1 Å². The van der Waals surface area contributed by atoms with Gasteiger partial charge in [-0.1, -0.05) is 36.4 Å². The third-order valence-electron chi connectivity index (χ3n) is 5.64. The van der Waals surface area contributed by atoms with Crippen molar-refractivity contribution in [2.75, 3.05) is 6.61 Å². The number of para-hydroxylation sites is 2. The Labute approximate surface area is 176 Å². The third-order valence-corrected chi connectivity index (χ3v) is 5.64. The average molecular weight is 405 g/mol. The predicted octanol–water partition coefficient (Wildman–Crippen LogP) is 3.45. The highest BCUT2D eigenvalue weighted by molar-refractivity contribution is 5.86. The molecule has 0 saturated heterocycles. The number of hydrazine groups is 1. The summed E-state index contributed by atoms with van der Waals surface area (Å²) in [6.45, 7) is 2.36. The minimum absolute atomic E-state index is 0.152. The highest BCUT2D eigenvalue weighted by Crippen LogP contribution is 2.32. The van der Waals surface area contributed by atoms with Crippen LogP contribution in [-0.2, 0) is 29.0 Å². The number of hydrogen-bond donors (Lipinski definition) is 2. The van der Waals surface area contributed by atoms with Crippen molar-refractivity contribution in [3.05, 3.63) is 65.4 Å². The molecule has 3 aromatic rings. The third kappa shape index (κ3) is 4.32. The Morgan fingerprint density at radius 1 is 0.967 bits per heavy atom. The molecule has 156 valence electrons. The Morgan fingerprint density at radius 3 is 2.57 bits per heavy atom. The molecule has 0 atom stereocenters. The summed E-state index contributed by atoms with van der Waals surface area (Å²) in [6.07, 6.45) is 4.86. The van der Waals surface area contributed by atoms with Gasteiger partial charge in [-0.15, -0.1) is 0 Å². The molecule has 6 heteroatoms. The molecule has 2 amide bonds. The zero-order valence-corrected chi connectivity index (χ0v) is 17.2. The molecule has 6 nitrogen and oxygen atoms in total. The summed E-state index contributed by atoms with van der Waals surface area (Å²) in [5, 5.41) is 1.30. The summed E-state index contributed by atoms with van der Waals surface area (Å²) in [5.74, 6) is 0.0419. The number of aromatic nitrogens is 1. The number of nitrogens with zero attached hydrogens (tertiary/aromatic N) is 1. The summed E-state index contributed by atoms with van der Waals surface area (Å²) < 4.78 is 7.76. The monoisotopic (exact) mass is 405 g/mol. The van der Waals surface area contributed by atoms with Crippen LogP contribution < -0.4 is 15.6 Å². The number of amides is 2. The van der Waals surface area contributed by atoms with E-state index in [2.05, 4.69) is 33.6 Å². The molecule has 1 heterocycles. The fourth-order valence-corrected chi connectivity index (χ4v) is 4.16. The van der Waals surface area contributed by atoms with Crippen LogP contribution in [0.25, 0.3) is 10.9 Å². The van der Waals surface area contributed by atoms with E-state index in [1.54, 1.807) is 0 Å². The number of hydrogen-bond acceptors (Lipinski definition) is 3. The Bertz CT molecular complexity index is 1070. The van der Waals surface area contributed by atoms with Crippen LogP contribution in [0, 0.1) is 6.92 Å². The number of carbonyl (C=O) groups excluding carboxylic acids is 2. The molecule has 0 spiro atoms. The largest absolute Gasteiger partial charge is 0.483 e. The molecule has 4 rings (SSSR count). The number of aryl methyl sites for hydroxylation is 3. The van der Waals surface area contributed by atoms with Crippen LogP contribution in [0.15, 0.2) is 48.5 Å². The van der Waals surface area contributed by atoms with Gasteiger partial charge in [0.1, 0.15) is 5.75 Å². The maximum atomic E-state index is 12.3. The molecule has 0 radical (unpaired) electrons. The molecule has 0 saturated carbocycles.